The summed E-state index contributed by atoms with van der Waals surface area (Å²) < 4.78 is 5.49. The molecule has 1 aromatic carbocycles. The minimum Gasteiger partial charge on any atom is -0.494 e. The van der Waals surface area contributed by atoms with Gasteiger partial charge < -0.3 is 14.7 Å². The molecule has 0 aliphatic carbocycles. The lowest BCUT2D eigenvalue weighted by Gasteiger charge is -2.27. The van der Waals surface area contributed by atoms with Gasteiger partial charge in [-0.3, -0.25) is 9.69 Å². The number of β-amino-alcohol motifs (C(OH)–C–C–N with tert-alkyl or cyclic N) is 1. The van der Waals surface area contributed by atoms with E-state index in [9.17, 15) is 9.90 Å². The number of ether oxygens (including phenoxy) is 1. The number of hydrogen-bond donors (Lipinski definition) is 1. The second-order valence-corrected chi connectivity index (χ2v) is 6.42. The highest BCUT2D eigenvalue weighted by Crippen LogP contribution is 2.33. The fraction of sp³-hybridized carbons (Fsp3) is 0.611. The molecule has 0 radical (unpaired) electrons. The molecule has 126 valence electrons. The second kappa shape index (κ2) is 7.32. The Bertz CT molecular complexity index is 532. The van der Waals surface area contributed by atoms with E-state index in [2.05, 4.69) is 17.0 Å². The molecule has 2 atom stereocenters. The lowest BCUT2D eigenvalue weighted by Crippen LogP contribution is -2.39. The lowest BCUT2D eigenvalue weighted by atomic mass is 10.0. The summed E-state index contributed by atoms with van der Waals surface area (Å²) in [6.07, 6.45) is 2.56. The first-order valence-electron chi connectivity index (χ1n) is 8.60. The minimum absolute atomic E-state index is 0.172. The van der Waals surface area contributed by atoms with E-state index in [1.165, 1.54) is 5.56 Å². The van der Waals surface area contributed by atoms with Crippen LogP contribution in [0.1, 0.15) is 37.8 Å². The zero-order chi connectivity index (χ0) is 16.2. The number of aliphatic hydroxyl groups is 1. The van der Waals surface area contributed by atoms with Crippen molar-refractivity contribution in [1.82, 2.24) is 9.80 Å². The van der Waals surface area contributed by atoms with Crippen LogP contribution in [0.15, 0.2) is 24.3 Å². The number of aliphatic hydroxyl groups excluding tert-OH is 1. The number of nitrogens with zero attached hydrogens (tertiary/aromatic N) is 2. The van der Waals surface area contributed by atoms with Gasteiger partial charge in [0.1, 0.15) is 5.75 Å². The molecule has 0 aromatic heterocycles. The zero-order valence-corrected chi connectivity index (χ0v) is 13.8. The van der Waals surface area contributed by atoms with Crippen LogP contribution in [-0.2, 0) is 4.79 Å². The predicted octanol–water partition coefficient (Wildman–Crippen LogP) is 1.82. The Balaban J connectivity index is 1.63. The van der Waals surface area contributed by atoms with E-state index in [1.807, 2.05) is 24.0 Å². The zero-order valence-electron chi connectivity index (χ0n) is 13.8. The van der Waals surface area contributed by atoms with Crippen molar-refractivity contribution in [2.45, 2.75) is 38.3 Å². The number of rotatable bonds is 5. The van der Waals surface area contributed by atoms with Crippen molar-refractivity contribution in [1.29, 1.82) is 0 Å². The molecule has 2 aliphatic heterocycles. The Labute approximate surface area is 137 Å². The van der Waals surface area contributed by atoms with Crippen molar-refractivity contribution in [3.8, 4) is 5.75 Å². The van der Waals surface area contributed by atoms with Gasteiger partial charge in [-0.2, -0.15) is 0 Å². The van der Waals surface area contributed by atoms with Crippen LogP contribution in [0.3, 0.4) is 0 Å². The fourth-order valence-corrected chi connectivity index (χ4v) is 3.60. The molecule has 23 heavy (non-hydrogen) atoms. The van der Waals surface area contributed by atoms with Gasteiger partial charge in [0.2, 0.25) is 5.91 Å². The molecule has 2 saturated heterocycles. The number of benzene rings is 1. The van der Waals surface area contributed by atoms with Crippen molar-refractivity contribution in [3.05, 3.63) is 29.8 Å². The summed E-state index contributed by atoms with van der Waals surface area (Å²) in [6, 6.07) is 8.28. The van der Waals surface area contributed by atoms with Crippen molar-refractivity contribution in [2.75, 3.05) is 32.8 Å². The van der Waals surface area contributed by atoms with Gasteiger partial charge in [0.25, 0.3) is 0 Å². The van der Waals surface area contributed by atoms with Gasteiger partial charge in [-0.05, 0) is 43.9 Å². The maximum Gasteiger partial charge on any atom is 0.237 e. The van der Waals surface area contributed by atoms with Crippen molar-refractivity contribution in [3.63, 3.8) is 0 Å². The Morgan fingerprint density at radius 3 is 2.70 bits per heavy atom. The molecule has 5 heteroatoms. The van der Waals surface area contributed by atoms with Crippen molar-refractivity contribution in [2.24, 2.45) is 0 Å². The van der Waals surface area contributed by atoms with Crippen LogP contribution >= 0.6 is 0 Å². The normalized spacial score (nSPS) is 25.0. The molecule has 1 amide bonds. The van der Waals surface area contributed by atoms with Gasteiger partial charge >= 0.3 is 0 Å². The summed E-state index contributed by atoms with van der Waals surface area (Å²) in [5.41, 5.74) is 1.18. The highest BCUT2D eigenvalue weighted by atomic mass is 16.5. The molecule has 2 fully saturated rings. The minimum atomic E-state index is -0.275. The standard InChI is InChI=1S/C18H26N2O3/c1-2-23-16-7-5-14(6-8-16)17-4-3-10-20(17)18(22)13-19-11-9-15(21)12-19/h5-8,15,17,21H,2-4,9-13H2,1H3/t15-,17?/m0/s1. The van der Waals surface area contributed by atoms with Crippen molar-refractivity contribution < 1.29 is 14.6 Å². The monoisotopic (exact) mass is 318 g/mol. The van der Waals surface area contributed by atoms with Crippen LogP contribution in [-0.4, -0.2) is 59.7 Å². The third-order valence-corrected chi connectivity index (χ3v) is 4.76. The molecular weight excluding hydrogens is 292 g/mol. The summed E-state index contributed by atoms with van der Waals surface area (Å²) in [5, 5.41) is 9.60. The first kappa shape index (κ1) is 16.3. The topological polar surface area (TPSA) is 53.0 Å². The van der Waals surface area contributed by atoms with Crippen LogP contribution < -0.4 is 4.74 Å². The van der Waals surface area contributed by atoms with Crippen LogP contribution in [0.25, 0.3) is 0 Å². The number of carbonyl (C=O) groups excluding carboxylic acids is 1. The average molecular weight is 318 g/mol. The SMILES string of the molecule is CCOc1ccc(C2CCCN2C(=O)CN2CC[C@H](O)C2)cc1. The summed E-state index contributed by atoms with van der Waals surface area (Å²) in [4.78, 5) is 16.7. The highest BCUT2D eigenvalue weighted by Gasteiger charge is 2.32. The molecular formula is C18H26N2O3. The molecule has 2 aliphatic rings. The van der Waals surface area contributed by atoms with Gasteiger partial charge in [0, 0.05) is 19.6 Å². The van der Waals surface area contributed by atoms with Gasteiger partial charge in [0.05, 0.1) is 25.3 Å². The molecule has 1 N–H and O–H groups in total. The Hall–Kier alpha value is -1.59. The molecule has 1 unspecified atom stereocenters. The van der Waals surface area contributed by atoms with E-state index < -0.39 is 0 Å². The van der Waals surface area contributed by atoms with Crippen LogP contribution in [0.5, 0.6) is 5.75 Å². The highest BCUT2D eigenvalue weighted by molar-refractivity contribution is 5.79. The van der Waals surface area contributed by atoms with Crippen LogP contribution in [0.4, 0.5) is 0 Å². The van der Waals surface area contributed by atoms with E-state index >= 15 is 0 Å². The summed E-state index contributed by atoms with van der Waals surface area (Å²) in [7, 11) is 0. The Kier molecular flexibility index (Phi) is 5.18. The van der Waals surface area contributed by atoms with Crippen LogP contribution in [0, 0.1) is 0 Å². The fourth-order valence-electron chi connectivity index (χ4n) is 3.60. The third-order valence-electron chi connectivity index (χ3n) is 4.76. The third kappa shape index (κ3) is 3.85. The Morgan fingerprint density at radius 2 is 2.04 bits per heavy atom. The molecule has 3 rings (SSSR count). The smallest absolute Gasteiger partial charge is 0.237 e. The first-order valence-corrected chi connectivity index (χ1v) is 8.60. The molecule has 2 heterocycles. The van der Waals surface area contributed by atoms with Gasteiger partial charge in [0.15, 0.2) is 0 Å². The van der Waals surface area contributed by atoms with Gasteiger partial charge in [-0.1, -0.05) is 12.1 Å². The van der Waals surface area contributed by atoms with Gasteiger partial charge in [-0.25, -0.2) is 0 Å². The summed E-state index contributed by atoms with van der Waals surface area (Å²) >= 11 is 0. The number of amides is 1. The second-order valence-electron chi connectivity index (χ2n) is 6.42. The van der Waals surface area contributed by atoms with E-state index in [-0.39, 0.29) is 18.1 Å². The largest absolute Gasteiger partial charge is 0.494 e. The summed E-state index contributed by atoms with van der Waals surface area (Å²) in [5.74, 6) is 1.05. The number of carbonyl (C=O) groups is 1. The quantitative estimate of drug-likeness (QED) is 0.900. The van der Waals surface area contributed by atoms with E-state index in [1.54, 1.807) is 0 Å². The molecule has 1 aromatic rings. The maximum absolute atomic E-state index is 12.6. The predicted molar refractivity (Wildman–Crippen MR) is 88.4 cm³/mol. The molecule has 0 spiro atoms. The van der Waals surface area contributed by atoms with Gasteiger partial charge in [-0.15, -0.1) is 0 Å². The van der Waals surface area contributed by atoms with E-state index in [0.29, 0.717) is 19.7 Å². The summed E-state index contributed by atoms with van der Waals surface area (Å²) in [6.45, 7) is 5.31. The van der Waals surface area contributed by atoms with Crippen LogP contribution in [0.2, 0.25) is 0 Å². The number of hydrogen-bond acceptors (Lipinski definition) is 4. The van der Waals surface area contributed by atoms with E-state index in [4.69, 9.17) is 4.74 Å². The average Bonchev–Trinajstić information content (AvgIpc) is 3.17. The van der Waals surface area contributed by atoms with E-state index in [0.717, 1.165) is 38.1 Å². The number of likely N-dealkylation sites (tertiary alicyclic amines) is 2. The molecule has 5 nitrogen and oxygen atoms in total. The molecule has 0 saturated carbocycles. The van der Waals surface area contributed by atoms with Crippen molar-refractivity contribution >= 4 is 5.91 Å². The first-order chi connectivity index (χ1) is 11.2. The molecule has 0 bridgehead atoms. The Morgan fingerprint density at radius 1 is 1.26 bits per heavy atom. The lowest BCUT2D eigenvalue weighted by molar-refractivity contribution is -0.133. The maximum atomic E-state index is 12.6.